The maximum absolute atomic E-state index is 11.1. The average Bonchev–Trinajstić information content (AvgIpc) is 2.47. The van der Waals surface area contributed by atoms with Crippen LogP contribution in [-0.2, 0) is 0 Å². The quantitative estimate of drug-likeness (QED) is 0.745. The summed E-state index contributed by atoms with van der Waals surface area (Å²) in [4.78, 5) is 15.4. The molecular formula is C16H12N2O2. The third kappa shape index (κ3) is 1.97. The van der Waals surface area contributed by atoms with Gasteiger partial charge in [-0.15, -0.1) is 0 Å². The predicted molar refractivity (Wildman–Crippen MR) is 78.6 cm³/mol. The highest BCUT2D eigenvalue weighted by molar-refractivity contribution is 6.00. The van der Waals surface area contributed by atoms with Gasteiger partial charge in [-0.05, 0) is 23.8 Å². The first kappa shape index (κ1) is 12.2. The van der Waals surface area contributed by atoms with E-state index in [1.807, 2.05) is 24.3 Å². The molecule has 0 saturated carbocycles. The number of hydrogen-bond donors (Lipinski definition) is 2. The van der Waals surface area contributed by atoms with Crippen molar-refractivity contribution in [1.29, 1.82) is 0 Å². The van der Waals surface area contributed by atoms with Crippen LogP contribution in [0.2, 0.25) is 0 Å². The SMILES string of the molecule is Nc1ccnc2c(-c3cccc(C(=O)O)c3)cccc12. The second-order valence-corrected chi connectivity index (χ2v) is 4.49. The number of nitrogens with zero attached hydrogens (tertiary/aromatic N) is 1. The number of pyridine rings is 1. The van der Waals surface area contributed by atoms with Crippen LogP contribution in [0.4, 0.5) is 5.69 Å². The predicted octanol–water partition coefficient (Wildman–Crippen LogP) is 3.18. The molecule has 0 fully saturated rings. The van der Waals surface area contributed by atoms with Crippen molar-refractivity contribution in [3.8, 4) is 11.1 Å². The summed E-state index contributed by atoms with van der Waals surface area (Å²) in [5.74, 6) is -0.945. The van der Waals surface area contributed by atoms with E-state index >= 15 is 0 Å². The van der Waals surface area contributed by atoms with Crippen molar-refractivity contribution in [2.75, 3.05) is 5.73 Å². The number of hydrogen-bond acceptors (Lipinski definition) is 3. The summed E-state index contributed by atoms with van der Waals surface area (Å²) in [6, 6.07) is 14.3. The molecule has 0 aliphatic rings. The Kier molecular flexibility index (Phi) is 2.84. The maximum Gasteiger partial charge on any atom is 0.335 e. The Labute approximate surface area is 115 Å². The van der Waals surface area contributed by atoms with Crippen molar-refractivity contribution in [1.82, 2.24) is 4.98 Å². The number of rotatable bonds is 2. The van der Waals surface area contributed by atoms with Crippen LogP contribution in [0.25, 0.3) is 22.0 Å². The van der Waals surface area contributed by atoms with Gasteiger partial charge in [0.2, 0.25) is 0 Å². The highest BCUT2D eigenvalue weighted by Crippen LogP contribution is 2.30. The van der Waals surface area contributed by atoms with Crippen LogP contribution < -0.4 is 5.73 Å². The normalized spacial score (nSPS) is 10.6. The van der Waals surface area contributed by atoms with Gasteiger partial charge >= 0.3 is 5.97 Å². The summed E-state index contributed by atoms with van der Waals surface area (Å²) in [7, 11) is 0. The average molecular weight is 264 g/mol. The molecule has 1 heterocycles. The van der Waals surface area contributed by atoms with Gasteiger partial charge in [-0.2, -0.15) is 0 Å². The van der Waals surface area contributed by atoms with Gasteiger partial charge < -0.3 is 10.8 Å². The number of benzene rings is 2. The number of carboxylic acid groups (broad SMARTS) is 1. The second-order valence-electron chi connectivity index (χ2n) is 4.49. The largest absolute Gasteiger partial charge is 0.478 e. The number of para-hydroxylation sites is 1. The van der Waals surface area contributed by atoms with Crippen molar-refractivity contribution in [2.24, 2.45) is 0 Å². The maximum atomic E-state index is 11.1. The molecular weight excluding hydrogens is 252 g/mol. The molecule has 98 valence electrons. The Morgan fingerprint density at radius 1 is 1.10 bits per heavy atom. The van der Waals surface area contributed by atoms with E-state index in [0.29, 0.717) is 5.69 Å². The number of aromatic nitrogens is 1. The molecule has 3 N–H and O–H groups in total. The van der Waals surface area contributed by atoms with E-state index in [4.69, 9.17) is 10.8 Å². The summed E-state index contributed by atoms with van der Waals surface area (Å²) in [5, 5.41) is 9.94. The summed E-state index contributed by atoms with van der Waals surface area (Å²) in [6.45, 7) is 0. The molecule has 0 atom stereocenters. The minimum absolute atomic E-state index is 0.253. The van der Waals surface area contributed by atoms with E-state index < -0.39 is 5.97 Å². The smallest absolute Gasteiger partial charge is 0.335 e. The molecule has 0 saturated heterocycles. The van der Waals surface area contributed by atoms with Crippen LogP contribution in [0.1, 0.15) is 10.4 Å². The molecule has 0 bridgehead atoms. The Morgan fingerprint density at radius 2 is 1.90 bits per heavy atom. The second kappa shape index (κ2) is 4.66. The van der Waals surface area contributed by atoms with E-state index in [0.717, 1.165) is 22.0 Å². The van der Waals surface area contributed by atoms with Crippen LogP contribution in [0.3, 0.4) is 0 Å². The standard InChI is InChI=1S/C16H12N2O2/c17-14-7-8-18-15-12(5-2-6-13(14)15)10-3-1-4-11(9-10)16(19)20/h1-9H,(H2,17,18)(H,19,20). The zero-order valence-corrected chi connectivity index (χ0v) is 10.6. The van der Waals surface area contributed by atoms with Gasteiger partial charge in [0, 0.05) is 22.8 Å². The molecule has 0 unspecified atom stereocenters. The summed E-state index contributed by atoms with van der Waals surface area (Å²) in [5.41, 5.74) is 9.32. The number of fused-ring (bicyclic) bond motifs is 1. The van der Waals surface area contributed by atoms with E-state index in [2.05, 4.69) is 4.98 Å². The number of carbonyl (C=O) groups is 1. The van der Waals surface area contributed by atoms with Gasteiger partial charge in [0.25, 0.3) is 0 Å². The van der Waals surface area contributed by atoms with Gasteiger partial charge in [-0.25, -0.2) is 4.79 Å². The van der Waals surface area contributed by atoms with Crippen molar-refractivity contribution < 1.29 is 9.90 Å². The molecule has 4 nitrogen and oxygen atoms in total. The van der Waals surface area contributed by atoms with E-state index in [1.54, 1.807) is 30.5 Å². The molecule has 20 heavy (non-hydrogen) atoms. The molecule has 3 rings (SSSR count). The molecule has 0 aliphatic heterocycles. The molecule has 0 aliphatic carbocycles. The fourth-order valence-electron chi connectivity index (χ4n) is 2.25. The molecule has 0 radical (unpaired) electrons. The molecule has 2 aromatic carbocycles. The number of aromatic carboxylic acids is 1. The lowest BCUT2D eigenvalue weighted by molar-refractivity contribution is 0.0697. The highest BCUT2D eigenvalue weighted by atomic mass is 16.4. The number of carboxylic acids is 1. The van der Waals surface area contributed by atoms with Crippen molar-refractivity contribution in [3.05, 3.63) is 60.3 Å². The molecule has 3 aromatic rings. The van der Waals surface area contributed by atoms with Gasteiger partial charge in [0.05, 0.1) is 11.1 Å². The van der Waals surface area contributed by atoms with Gasteiger partial charge in [-0.3, -0.25) is 4.98 Å². The first-order valence-electron chi connectivity index (χ1n) is 6.14. The molecule has 4 heteroatoms. The van der Waals surface area contributed by atoms with Crippen LogP contribution in [-0.4, -0.2) is 16.1 Å². The lowest BCUT2D eigenvalue weighted by Gasteiger charge is -2.08. The lowest BCUT2D eigenvalue weighted by atomic mass is 9.99. The first-order valence-corrected chi connectivity index (χ1v) is 6.14. The third-order valence-corrected chi connectivity index (χ3v) is 3.23. The van der Waals surface area contributed by atoms with E-state index in [9.17, 15) is 4.79 Å². The van der Waals surface area contributed by atoms with Crippen molar-refractivity contribution in [3.63, 3.8) is 0 Å². The fourth-order valence-corrected chi connectivity index (χ4v) is 2.25. The summed E-state index contributed by atoms with van der Waals surface area (Å²) in [6.07, 6.45) is 1.65. The highest BCUT2D eigenvalue weighted by Gasteiger charge is 2.09. The first-order chi connectivity index (χ1) is 9.66. The minimum atomic E-state index is -0.945. The van der Waals surface area contributed by atoms with Crippen molar-refractivity contribution in [2.45, 2.75) is 0 Å². The Bertz CT molecular complexity index is 812. The summed E-state index contributed by atoms with van der Waals surface area (Å²) < 4.78 is 0. The van der Waals surface area contributed by atoms with E-state index in [-0.39, 0.29) is 5.56 Å². The lowest BCUT2D eigenvalue weighted by Crippen LogP contribution is -1.96. The zero-order valence-electron chi connectivity index (χ0n) is 10.6. The summed E-state index contributed by atoms with van der Waals surface area (Å²) >= 11 is 0. The van der Waals surface area contributed by atoms with Crippen LogP contribution in [0, 0.1) is 0 Å². The molecule has 0 spiro atoms. The van der Waals surface area contributed by atoms with Crippen LogP contribution >= 0.6 is 0 Å². The van der Waals surface area contributed by atoms with E-state index in [1.165, 1.54) is 0 Å². The zero-order chi connectivity index (χ0) is 14.1. The van der Waals surface area contributed by atoms with Gasteiger partial charge in [0.1, 0.15) is 0 Å². The van der Waals surface area contributed by atoms with Gasteiger partial charge in [0.15, 0.2) is 0 Å². The Morgan fingerprint density at radius 3 is 2.70 bits per heavy atom. The molecule has 0 amide bonds. The van der Waals surface area contributed by atoms with Crippen LogP contribution in [0.15, 0.2) is 54.7 Å². The minimum Gasteiger partial charge on any atom is -0.478 e. The number of nitrogens with two attached hydrogens (primary N) is 1. The third-order valence-electron chi connectivity index (χ3n) is 3.23. The topological polar surface area (TPSA) is 76.2 Å². The fraction of sp³-hybridized carbons (Fsp3) is 0. The molecule has 1 aromatic heterocycles. The number of anilines is 1. The Balaban J connectivity index is 2.27. The monoisotopic (exact) mass is 264 g/mol. The van der Waals surface area contributed by atoms with Gasteiger partial charge in [-0.1, -0.05) is 30.3 Å². The Hall–Kier alpha value is -2.88. The van der Waals surface area contributed by atoms with Crippen LogP contribution in [0.5, 0.6) is 0 Å². The van der Waals surface area contributed by atoms with Crippen molar-refractivity contribution >= 4 is 22.6 Å². The number of nitrogen functional groups attached to an aromatic ring is 1.